The number of rotatable bonds is 9. The summed E-state index contributed by atoms with van der Waals surface area (Å²) >= 11 is 0. The number of likely N-dealkylation sites (N-methyl/N-ethyl adjacent to an activating group) is 1. The van der Waals surface area contributed by atoms with Gasteiger partial charge in [0.05, 0.1) is 43.1 Å². The SMILES string of the molecule is [B][C@@H]1O[C@H](COP(=O)(O)NC2[C@@H](CC)O[C@@H]([B])[C@H]2OC)C(NC)[C@@H]1OC. The molecule has 2 saturated heterocycles. The van der Waals surface area contributed by atoms with Crippen molar-refractivity contribution in [3.05, 3.63) is 0 Å². The molecule has 0 spiro atoms. The molecule has 0 aromatic heterocycles. The molecular weight excluding hydrogens is 361 g/mol. The Hall–Kier alpha value is 0.0399. The van der Waals surface area contributed by atoms with Crippen LogP contribution in [0.4, 0.5) is 0 Å². The molecule has 0 aliphatic carbocycles. The highest BCUT2D eigenvalue weighted by molar-refractivity contribution is 7.50. The average Bonchev–Trinajstić information content (AvgIpc) is 3.07. The van der Waals surface area contributed by atoms with E-state index in [1.807, 2.05) is 6.92 Å². The molecule has 2 rings (SSSR count). The minimum absolute atomic E-state index is 0.145. The van der Waals surface area contributed by atoms with E-state index in [1.165, 1.54) is 14.2 Å². The first kappa shape index (κ1) is 22.3. The van der Waals surface area contributed by atoms with Crippen molar-refractivity contribution in [2.75, 3.05) is 27.9 Å². The first-order chi connectivity index (χ1) is 12.3. The van der Waals surface area contributed by atoms with Crippen LogP contribution in [-0.4, -0.2) is 97.0 Å². The van der Waals surface area contributed by atoms with Crippen molar-refractivity contribution in [2.45, 2.75) is 61.9 Å². The summed E-state index contributed by atoms with van der Waals surface area (Å²) in [4.78, 5) is 10.2. The molecule has 2 aliphatic rings. The Bertz CT molecular complexity index is 506. The van der Waals surface area contributed by atoms with Gasteiger partial charge in [-0.15, -0.1) is 0 Å². The van der Waals surface area contributed by atoms with E-state index in [2.05, 4.69) is 10.4 Å². The second-order valence-electron chi connectivity index (χ2n) is 6.37. The Morgan fingerprint density at radius 2 is 1.62 bits per heavy atom. The standard InChI is InChI=1S/C14H27B2N2O7P/c1-5-7-10(12(22-4)14(16)24-7)18-26(19,20)23-6-8-9(17-2)11(21-3)13(15)25-8/h7-14,17H,5-6H2,1-4H3,(H2,18,19,20)/t7-,8-,9?,10?,11+,12+,13-,14-/m1/s1. The van der Waals surface area contributed by atoms with Crippen molar-refractivity contribution < 1.29 is 32.9 Å². The van der Waals surface area contributed by atoms with Gasteiger partial charge in [-0.3, -0.25) is 4.52 Å². The molecule has 0 saturated carbocycles. The predicted octanol–water partition coefficient (Wildman–Crippen LogP) is -1.12. The van der Waals surface area contributed by atoms with E-state index in [9.17, 15) is 9.46 Å². The van der Waals surface area contributed by atoms with Gasteiger partial charge < -0.3 is 29.2 Å². The van der Waals surface area contributed by atoms with Crippen LogP contribution in [0.5, 0.6) is 0 Å². The Labute approximate surface area is 157 Å². The Balaban J connectivity index is 1.97. The van der Waals surface area contributed by atoms with Gasteiger partial charge in [-0.25, -0.2) is 9.65 Å². The molecule has 0 aromatic rings. The highest BCUT2D eigenvalue weighted by atomic mass is 31.2. The zero-order chi connectivity index (χ0) is 19.5. The summed E-state index contributed by atoms with van der Waals surface area (Å²) in [5.74, 6) is 0. The highest BCUT2D eigenvalue weighted by Gasteiger charge is 2.46. The molecule has 2 aliphatic heterocycles. The van der Waals surface area contributed by atoms with E-state index < -0.39 is 38.0 Å². The fourth-order valence-corrected chi connectivity index (χ4v) is 4.63. The van der Waals surface area contributed by atoms with Crippen molar-refractivity contribution >= 4 is 23.4 Å². The normalized spacial score (nSPS) is 42.8. The lowest BCUT2D eigenvalue weighted by molar-refractivity contribution is 0.0227. The molecule has 4 radical (unpaired) electrons. The van der Waals surface area contributed by atoms with Crippen LogP contribution < -0.4 is 10.4 Å². The minimum atomic E-state index is -4.16. The van der Waals surface area contributed by atoms with E-state index >= 15 is 0 Å². The van der Waals surface area contributed by atoms with Crippen LogP contribution in [0.1, 0.15) is 13.3 Å². The Morgan fingerprint density at radius 3 is 2.12 bits per heavy atom. The van der Waals surface area contributed by atoms with Crippen LogP contribution in [0.3, 0.4) is 0 Å². The van der Waals surface area contributed by atoms with E-state index in [1.54, 1.807) is 7.05 Å². The van der Waals surface area contributed by atoms with Gasteiger partial charge in [-0.2, -0.15) is 0 Å². The number of hydrogen-bond acceptors (Lipinski definition) is 7. The van der Waals surface area contributed by atoms with Crippen molar-refractivity contribution in [1.29, 1.82) is 0 Å². The monoisotopic (exact) mass is 388 g/mol. The van der Waals surface area contributed by atoms with Gasteiger partial charge in [0, 0.05) is 26.2 Å². The molecule has 2 fully saturated rings. The molecule has 26 heavy (non-hydrogen) atoms. The van der Waals surface area contributed by atoms with Gasteiger partial charge in [-0.1, -0.05) is 6.92 Å². The third-order valence-corrected chi connectivity index (χ3v) is 5.95. The fourth-order valence-electron chi connectivity index (χ4n) is 3.52. The van der Waals surface area contributed by atoms with E-state index in [4.69, 9.17) is 39.2 Å². The summed E-state index contributed by atoms with van der Waals surface area (Å²) in [6.07, 6.45) is -1.25. The smallest absolute Gasteiger partial charge is 0.380 e. The summed E-state index contributed by atoms with van der Waals surface area (Å²) < 4.78 is 39.5. The lowest BCUT2D eigenvalue weighted by Crippen LogP contribution is -2.46. The summed E-state index contributed by atoms with van der Waals surface area (Å²) in [6.45, 7) is 1.75. The second-order valence-corrected chi connectivity index (χ2v) is 7.93. The molecule has 0 bridgehead atoms. The summed E-state index contributed by atoms with van der Waals surface area (Å²) in [7, 11) is 12.3. The second kappa shape index (κ2) is 9.49. The van der Waals surface area contributed by atoms with Crippen LogP contribution in [-0.2, 0) is 28.0 Å². The third kappa shape index (κ3) is 4.90. The van der Waals surface area contributed by atoms with E-state index in [-0.39, 0.29) is 24.9 Å². The summed E-state index contributed by atoms with van der Waals surface area (Å²) in [5.41, 5.74) is 0. The maximum Gasteiger partial charge on any atom is 0.403 e. The van der Waals surface area contributed by atoms with Crippen LogP contribution in [0, 0.1) is 0 Å². The summed E-state index contributed by atoms with van der Waals surface area (Å²) in [5, 5.41) is 5.64. The summed E-state index contributed by atoms with van der Waals surface area (Å²) in [6, 6.07) is -2.18. The largest absolute Gasteiger partial charge is 0.403 e. The number of methoxy groups -OCH3 is 2. The maximum absolute atomic E-state index is 12.5. The highest BCUT2D eigenvalue weighted by Crippen LogP contribution is 2.41. The van der Waals surface area contributed by atoms with E-state index in [0.717, 1.165) is 0 Å². The van der Waals surface area contributed by atoms with Crippen LogP contribution in [0.15, 0.2) is 0 Å². The van der Waals surface area contributed by atoms with Crippen molar-refractivity contribution in [1.82, 2.24) is 10.4 Å². The van der Waals surface area contributed by atoms with Gasteiger partial charge in [0.1, 0.15) is 15.7 Å². The first-order valence-electron chi connectivity index (χ1n) is 8.58. The molecular formula is C14H27B2N2O7P. The molecule has 12 heteroatoms. The molecule has 9 atom stereocenters. The molecule has 2 heterocycles. The lowest BCUT2D eigenvalue weighted by atomic mass is 9.92. The average molecular weight is 388 g/mol. The maximum atomic E-state index is 12.5. The van der Waals surface area contributed by atoms with Crippen molar-refractivity contribution in [3.63, 3.8) is 0 Å². The van der Waals surface area contributed by atoms with Crippen molar-refractivity contribution in [2.24, 2.45) is 0 Å². The van der Waals surface area contributed by atoms with Gasteiger partial charge in [0.15, 0.2) is 0 Å². The molecule has 3 unspecified atom stereocenters. The van der Waals surface area contributed by atoms with Crippen molar-refractivity contribution in [3.8, 4) is 0 Å². The number of hydrogen-bond donors (Lipinski definition) is 3. The number of nitrogens with one attached hydrogen (secondary N) is 2. The molecule has 9 nitrogen and oxygen atoms in total. The molecule has 146 valence electrons. The first-order valence-corrected chi connectivity index (χ1v) is 10.2. The Morgan fingerprint density at radius 1 is 1.08 bits per heavy atom. The zero-order valence-corrected chi connectivity index (χ0v) is 16.4. The molecule has 0 amide bonds. The molecule has 0 aromatic carbocycles. The van der Waals surface area contributed by atoms with Gasteiger partial charge in [0.2, 0.25) is 0 Å². The van der Waals surface area contributed by atoms with Gasteiger partial charge >= 0.3 is 7.75 Å². The topological polar surface area (TPSA) is 108 Å². The zero-order valence-electron chi connectivity index (χ0n) is 15.5. The lowest BCUT2D eigenvalue weighted by Gasteiger charge is -2.27. The molecule has 3 N–H and O–H groups in total. The van der Waals surface area contributed by atoms with Crippen LogP contribution in [0.25, 0.3) is 0 Å². The van der Waals surface area contributed by atoms with Crippen LogP contribution in [0.2, 0.25) is 0 Å². The van der Waals surface area contributed by atoms with Gasteiger partial charge in [-0.05, 0) is 13.5 Å². The Kier molecular flexibility index (Phi) is 8.15. The van der Waals surface area contributed by atoms with E-state index in [0.29, 0.717) is 6.42 Å². The number of ether oxygens (including phenoxy) is 4. The minimum Gasteiger partial charge on any atom is -0.380 e. The van der Waals surface area contributed by atoms with Gasteiger partial charge in [0.25, 0.3) is 0 Å². The fraction of sp³-hybridized carbons (Fsp3) is 1.00. The predicted molar refractivity (Wildman–Crippen MR) is 96.3 cm³/mol. The third-order valence-electron chi connectivity index (χ3n) is 4.83. The quantitative estimate of drug-likeness (QED) is 0.334. The van der Waals surface area contributed by atoms with Crippen LogP contribution >= 0.6 is 7.75 Å².